The summed E-state index contributed by atoms with van der Waals surface area (Å²) in [5.74, 6) is -0.270. The van der Waals surface area contributed by atoms with Gasteiger partial charge in [0.1, 0.15) is 0 Å². The first kappa shape index (κ1) is 19.9. The van der Waals surface area contributed by atoms with Crippen LogP contribution in [0.5, 0.6) is 0 Å². The van der Waals surface area contributed by atoms with E-state index in [-0.39, 0.29) is 34.8 Å². The summed E-state index contributed by atoms with van der Waals surface area (Å²) >= 11 is 0. The highest BCUT2D eigenvalue weighted by Gasteiger charge is 2.33. The van der Waals surface area contributed by atoms with Crippen LogP contribution in [0.25, 0.3) is 0 Å². The van der Waals surface area contributed by atoms with Gasteiger partial charge in [0.2, 0.25) is 10.0 Å². The molecule has 6 heteroatoms. The third-order valence-electron chi connectivity index (χ3n) is 4.71. The van der Waals surface area contributed by atoms with Crippen molar-refractivity contribution in [2.24, 2.45) is 11.8 Å². The minimum Gasteiger partial charge on any atom is -0.463 e. The van der Waals surface area contributed by atoms with Crippen molar-refractivity contribution in [1.29, 1.82) is 0 Å². The lowest BCUT2D eigenvalue weighted by atomic mass is 9.92. The molecule has 0 amide bonds. The summed E-state index contributed by atoms with van der Waals surface area (Å²) in [4.78, 5) is 12.3. The SMILES string of the molecule is Cc1ccc(S(=O)(=O)N[C@H]2CCC[C@@H]2C[C@H](C)C(=O)OC(C)C)cc1. The fraction of sp³-hybridized carbons (Fsp3) is 0.632. The molecule has 1 aromatic rings. The average Bonchev–Trinajstić information content (AvgIpc) is 2.93. The largest absolute Gasteiger partial charge is 0.463 e. The molecule has 0 heterocycles. The molecule has 5 nitrogen and oxygen atoms in total. The van der Waals surface area contributed by atoms with Crippen LogP contribution in [0.1, 0.15) is 52.0 Å². The van der Waals surface area contributed by atoms with Crippen molar-refractivity contribution >= 4 is 16.0 Å². The quantitative estimate of drug-likeness (QED) is 0.750. The number of hydrogen-bond donors (Lipinski definition) is 1. The van der Waals surface area contributed by atoms with Crippen molar-refractivity contribution in [2.75, 3.05) is 0 Å². The average molecular weight is 368 g/mol. The van der Waals surface area contributed by atoms with Gasteiger partial charge in [-0.1, -0.05) is 31.0 Å². The van der Waals surface area contributed by atoms with E-state index in [1.54, 1.807) is 24.3 Å². The van der Waals surface area contributed by atoms with E-state index >= 15 is 0 Å². The lowest BCUT2D eigenvalue weighted by Crippen LogP contribution is -2.38. The number of esters is 1. The Bertz CT molecular complexity index is 682. The summed E-state index contributed by atoms with van der Waals surface area (Å²) in [5.41, 5.74) is 1.02. The second-order valence-electron chi connectivity index (χ2n) is 7.35. The second-order valence-corrected chi connectivity index (χ2v) is 9.07. The Morgan fingerprint density at radius 2 is 1.84 bits per heavy atom. The van der Waals surface area contributed by atoms with E-state index in [9.17, 15) is 13.2 Å². The topological polar surface area (TPSA) is 72.5 Å². The number of sulfonamides is 1. The monoisotopic (exact) mass is 367 g/mol. The molecule has 0 saturated heterocycles. The van der Waals surface area contributed by atoms with Gasteiger partial charge in [-0.05, 0) is 58.1 Å². The highest BCUT2D eigenvalue weighted by atomic mass is 32.2. The first-order valence-corrected chi connectivity index (χ1v) is 10.5. The minimum atomic E-state index is -3.53. The van der Waals surface area contributed by atoms with E-state index in [0.717, 1.165) is 24.8 Å². The highest BCUT2D eigenvalue weighted by Crippen LogP contribution is 2.32. The molecule has 1 saturated carbocycles. The zero-order valence-electron chi connectivity index (χ0n) is 15.5. The maximum absolute atomic E-state index is 12.6. The van der Waals surface area contributed by atoms with Crippen molar-refractivity contribution in [3.63, 3.8) is 0 Å². The van der Waals surface area contributed by atoms with Gasteiger partial charge in [-0.2, -0.15) is 0 Å². The number of rotatable bonds is 7. The van der Waals surface area contributed by atoms with Crippen molar-refractivity contribution < 1.29 is 17.9 Å². The van der Waals surface area contributed by atoms with Gasteiger partial charge in [-0.15, -0.1) is 0 Å². The van der Waals surface area contributed by atoms with Gasteiger partial charge >= 0.3 is 5.97 Å². The summed E-state index contributed by atoms with van der Waals surface area (Å²) < 4.78 is 33.3. The number of benzene rings is 1. The molecule has 1 aromatic carbocycles. The fourth-order valence-electron chi connectivity index (χ4n) is 3.36. The number of ether oxygens (including phenoxy) is 1. The van der Waals surface area contributed by atoms with E-state index in [2.05, 4.69) is 4.72 Å². The predicted molar refractivity (Wildman–Crippen MR) is 97.6 cm³/mol. The maximum Gasteiger partial charge on any atom is 0.308 e. The molecule has 0 aromatic heterocycles. The lowest BCUT2D eigenvalue weighted by molar-refractivity contribution is -0.152. The van der Waals surface area contributed by atoms with Crippen LogP contribution in [0.2, 0.25) is 0 Å². The van der Waals surface area contributed by atoms with Gasteiger partial charge in [0.15, 0.2) is 0 Å². The summed E-state index contributed by atoms with van der Waals surface area (Å²) in [6.07, 6.45) is 3.22. The van der Waals surface area contributed by atoms with Gasteiger partial charge in [0, 0.05) is 6.04 Å². The van der Waals surface area contributed by atoms with Crippen molar-refractivity contribution in [3.05, 3.63) is 29.8 Å². The molecule has 0 radical (unpaired) electrons. The minimum absolute atomic E-state index is 0.124. The summed E-state index contributed by atoms with van der Waals surface area (Å²) in [6.45, 7) is 7.44. The molecule has 0 unspecified atom stereocenters. The van der Waals surface area contributed by atoms with Crippen LogP contribution in [-0.4, -0.2) is 26.5 Å². The zero-order chi connectivity index (χ0) is 18.6. The van der Waals surface area contributed by atoms with Crippen LogP contribution < -0.4 is 4.72 Å². The first-order chi connectivity index (χ1) is 11.7. The van der Waals surface area contributed by atoms with E-state index in [1.165, 1.54) is 0 Å². The molecule has 0 aliphatic heterocycles. The molecule has 1 aliphatic rings. The number of carbonyl (C=O) groups is 1. The molecule has 1 fully saturated rings. The van der Waals surface area contributed by atoms with Crippen LogP contribution in [0.15, 0.2) is 29.2 Å². The molecule has 1 aliphatic carbocycles. The van der Waals surface area contributed by atoms with Crippen molar-refractivity contribution in [2.45, 2.75) is 70.4 Å². The van der Waals surface area contributed by atoms with Gasteiger partial charge < -0.3 is 4.74 Å². The van der Waals surface area contributed by atoms with E-state index < -0.39 is 10.0 Å². The highest BCUT2D eigenvalue weighted by molar-refractivity contribution is 7.89. The van der Waals surface area contributed by atoms with Gasteiger partial charge in [-0.25, -0.2) is 13.1 Å². The number of hydrogen-bond acceptors (Lipinski definition) is 4. The lowest BCUT2D eigenvalue weighted by Gasteiger charge is -2.23. The van der Waals surface area contributed by atoms with Crippen LogP contribution in [-0.2, 0) is 19.6 Å². The molecule has 2 rings (SSSR count). The van der Waals surface area contributed by atoms with Crippen molar-refractivity contribution in [1.82, 2.24) is 4.72 Å². The Morgan fingerprint density at radius 1 is 1.20 bits per heavy atom. The Hall–Kier alpha value is -1.40. The van der Waals surface area contributed by atoms with Gasteiger partial charge in [-0.3, -0.25) is 4.79 Å². The smallest absolute Gasteiger partial charge is 0.308 e. The molecule has 25 heavy (non-hydrogen) atoms. The molecule has 0 spiro atoms. The molecule has 140 valence electrons. The van der Waals surface area contributed by atoms with E-state index in [0.29, 0.717) is 6.42 Å². The van der Waals surface area contributed by atoms with Crippen LogP contribution in [0.4, 0.5) is 0 Å². The standard InChI is InChI=1S/C19H29NO4S/c1-13(2)24-19(21)15(4)12-16-6-5-7-18(16)20-25(22,23)17-10-8-14(3)9-11-17/h8-11,13,15-16,18,20H,5-7,12H2,1-4H3/t15-,16+,18-/m0/s1. The normalized spacial score (nSPS) is 22.1. The summed E-state index contributed by atoms with van der Waals surface area (Å²) in [6, 6.07) is 6.73. The van der Waals surface area contributed by atoms with E-state index in [4.69, 9.17) is 4.74 Å². The third kappa shape index (κ3) is 5.54. The molecule has 1 N–H and O–H groups in total. The summed E-state index contributed by atoms with van der Waals surface area (Å²) in [5, 5.41) is 0. The number of carbonyl (C=O) groups excluding carboxylic acids is 1. The molecular weight excluding hydrogens is 338 g/mol. The maximum atomic E-state index is 12.6. The van der Waals surface area contributed by atoms with Crippen LogP contribution in [0, 0.1) is 18.8 Å². The molecular formula is C19H29NO4S. The predicted octanol–water partition coefficient (Wildman–Crippen LogP) is 3.42. The Kier molecular flexibility index (Phi) is 6.63. The molecule has 0 bridgehead atoms. The Balaban J connectivity index is 2.01. The third-order valence-corrected chi connectivity index (χ3v) is 6.21. The Labute approximate surface area is 151 Å². The number of nitrogens with one attached hydrogen (secondary N) is 1. The molecule has 3 atom stereocenters. The Morgan fingerprint density at radius 3 is 2.44 bits per heavy atom. The van der Waals surface area contributed by atoms with Crippen LogP contribution >= 0.6 is 0 Å². The fourth-order valence-corrected chi connectivity index (χ4v) is 4.70. The zero-order valence-corrected chi connectivity index (χ0v) is 16.3. The van der Waals surface area contributed by atoms with Gasteiger partial charge in [0.25, 0.3) is 0 Å². The van der Waals surface area contributed by atoms with Gasteiger partial charge in [0.05, 0.1) is 16.9 Å². The van der Waals surface area contributed by atoms with E-state index in [1.807, 2.05) is 27.7 Å². The first-order valence-electron chi connectivity index (χ1n) is 8.98. The summed E-state index contributed by atoms with van der Waals surface area (Å²) in [7, 11) is -3.53. The second kappa shape index (κ2) is 8.32. The van der Waals surface area contributed by atoms with Crippen LogP contribution in [0.3, 0.4) is 0 Å². The van der Waals surface area contributed by atoms with Crippen molar-refractivity contribution in [3.8, 4) is 0 Å². The number of aryl methyl sites for hydroxylation is 1.